The molecule has 1 aromatic carbocycles. The highest BCUT2D eigenvalue weighted by atomic mass is 16.1. The maximum absolute atomic E-state index is 12.1. The van der Waals surface area contributed by atoms with E-state index in [1.807, 2.05) is 30.3 Å². The number of carbonyl (C=O) groups is 1. The largest absolute Gasteiger partial charge is 0.327 e. The zero-order chi connectivity index (χ0) is 10.7. The summed E-state index contributed by atoms with van der Waals surface area (Å²) in [7, 11) is 0. The molecule has 0 bridgehead atoms. The van der Waals surface area contributed by atoms with E-state index >= 15 is 0 Å². The Labute approximate surface area is 90.5 Å². The molecule has 0 aliphatic heterocycles. The van der Waals surface area contributed by atoms with Crippen LogP contribution in [0.1, 0.15) is 36.0 Å². The fourth-order valence-electron chi connectivity index (χ4n) is 2.30. The topological polar surface area (TPSA) is 43.1 Å². The van der Waals surface area contributed by atoms with Crippen molar-refractivity contribution in [2.24, 2.45) is 11.7 Å². The summed E-state index contributed by atoms with van der Waals surface area (Å²) in [5.74, 6) is 0.268. The lowest BCUT2D eigenvalue weighted by Gasteiger charge is -2.27. The highest BCUT2D eigenvalue weighted by Crippen LogP contribution is 2.26. The molecule has 2 atom stereocenters. The molecule has 1 aromatic rings. The molecule has 80 valence electrons. The van der Waals surface area contributed by atoms with Crippen LogP contribution in [0.4, 0.5) is 0 Å². The molecule has 2 unspecified atom stereocenters. The van der Waals surface area contributed by atoms with Crippen molar-refractivity contribution in [2.45, 2.75) is 31.7 Å². The van der Waals surface area contributed by atoms with Crippen LogP contribution in [-0.2, 0) is 0 Å². The molecule has 1 saturated carbocycles. The van der Waals surface area contributed by atoms with Gasteiger partial charge in [-0.2, -0.15) is 0 Å². The first-order valence-corrected chi connectivity index (χ1v) is 5.64. The summed E-state index contributed by atoms with van der Waals surface area (Å²) in [6, 6.07) is 9.56. The predicted molar refractivity (Wildman–Crippen MR) is 60.7 cm³/mol. The summed E-state index contributed by atoms with van der Waals surface area (Å²) < 4.78 is 0. The van der Waals surface area contributed by atoms with Crippen LogP contribution in [0.5, 0.6) is 0 Å². The first kappa shape index (κ1) is 10.4. The number of carbonyl (C=O) groups excluding carboxylic acids is 1. The third kappa shape index (κ3) is 2.26. The van der Waals surface area contributed by atoms with E-state index in [1.54, 1.807) is 0 Å². The van der Waals surface area contributed by atoms with Gasteiger partial charge in [0.05, 0.1) is 0 Å². The Balaban J connectivity index is 2.13. The van der Waals surface area contributed by atoms with Crippen molar-refractivity contribution in [3.05, 3.63) is 35.9 Å². The summed E-state index contributed by atoms with van der Waals surface area (Å²) in [6.45, 7) is 0. The van der Waals surface area contributed by atoms with E-state index in [9.17, 15) is 4.79 Å². The van der Waals surface area contributed by atoms with Gasteiger partial charge in [0.1, 0.15) is 0 Å². The van der Waals surface area contributed by atoms with Crippen molar-refractivity contribution in [3.8, 4) is 0 Å². The van der Waals surface area contributed by atoms with Gasteiger partial charge in [0.25, 0.3) is 0 Å². The molecule has 2 rings (SSSR count). The number of ketones is 1. The van der Waals surface area contributed by atoms with Crippen LogP contribution in [0.15, 0.2) is 30.3 Å². The van der Waals surface area contributed by atoms with Gasteiger partial charge >= 0.3 is 0 Å². The zero-order valence-electron chi connectivity index (χ0n) is 8.86. The summed E-state index contributed by atoms with van der Waals surface area (Å²) in [5, 5.41) is 0. The Morgan fingerprint density at radius 2 is 1.80 bits per heavy atom. The fraction of sp³-hybridized carbons (Fsp3) is 0.462. The van der Waals surface area contributed by atoms with E-state index in [-0.39, 0.29) is 17.7 Å². The maximum Gasteiger partial charge on any atom is 0.167 e. The maximum atomic E-state index is 12.1. The average molecular weight is 203 g/mol. The lowest BCUT2D eigenvalue weighted by atomic mass is 9.80. The highest BCUT2D eigenvalue weighted by molar-refractivity contribution is 5.98. The molecule has 2 heteroatoms. The van der Waals surface area contributed by atoms with Gasteiger partial charge in [0.2, 0.25) is 0 Å². The second-order valence-corrected chi connectivity index (χ2v) is 4.29. The second-order valence-electron chi connectivity index (χ2n) is 4.29. The number of rotatable bonds is 2. The van der Waals surface area contributed by atoms with Gasteiger partial charge in [0, 0.05) is 17.5 Å². The van der Waals surface area contributed by atoms with Crippen LogP contribution in [0.3, 0.4) is 0 Å². The minimum absolute atomic E-state index is 0.0427. The summed E-state index contributed by atoms with van der Waals surface area (Å²) in [6.07, 6.45) is 4.24. The number of Topliss-reactive ketones (excluding diaryl/α,β-unsaturated/α-hetero) is 1. The standard InChI is InChI=1S/C13H17NO/c14-12-9-5-4-8-11(12)13(15)10-6-2-1-3-7-10/h1-3,6-7,11-12H,4-5,8-9,14H2. The molecule has 15 heavy (non-hydrogen) atoms. The number of hydrogen-bond donors (Lipinski definition) is 1. The van der Waals surface area contributed by atoms with Crippen LogP contribution >= 0.6 is 0 Å². The lowest BCUT2D eigenvalue weighted by Crippen LogP contribution is -2.38. The van der Waals surface area contributed by atoms with E-state index in [1.165, 1.54) is 6.42 Å². The van der Waals surface area contributed by atoms with Crippen LogP contribution < -0.4 is 5.73 Å². The van der Waals surface area contributed by atoms with Gasteiger partial charge in [-0.3, -0.25) is 4.79 Å². The minimum Gasteiger partial charge on any atom is -0.327 e. The van der Waals surface area contributed by atoms with Gasteiger partial charge in [-0.1, -0.05) is 43.2 Å². The smallest absolute Gasteiger partial charge is 0.167 e. The second kappa shape index (κ2) is 4.58. The van der Waals surface area contributed by atoms with E-state index < -0.39 is 0 Å². The fourth-order valence-corrected chi connectivity index (χ4v) is 2.30. The molecule has 0 amide bonds. The molecule has 0 aromatic heterocycles. The Kier molecular flexibility index (Phi) is 3.17. The number of hydrogen-bond acceptors (Lipinski definition) is 2. The first-order chi connectivity index (χ1) is 7.29. The normalized spacial score (nSPS) is 26.2. The molecule has 1 aliphatic carbocycles. The molecule has 0 heterocycles. The summed E-state index contributed by atoms with van der Waals surface area (Å²) >= 11 is 0. The van der Waals surface area contributed by atoms with Crippen molar-refractivity contribution >= 4 is 5.78 Å². The van der Waals surface area contributed by atoms with Gasteiger partial charge in [0.15, 0.2) is 5.78 Å². The monoisotopic (exact) mass is 203 g/mol. The minimum atomic E-state index is 0.0427. The van der Waals surface area contributed by atoms with E-state index in [0.717, 1.165) is 24.8 Å². The quantitative estimate of drug-likeness (QED) is 0.750. The molecule has 0 spiro atoms. The zero-order valence-corrected chi connectivity index (χ0v) is 8.86. The van der Waals surface area contributed by atoms with Gasteiger partial charge in [-0.25, -0.2) is 0 Å². The molecule has 0 radical (unpaired) electrons. The van der Waals surface area contributed by atoms with E-state index in [4.69, 9.17) is 5.73 Å². The molecule has 0 saturated heterocycles. The summed E-state index contributed by atoms with van der Waals surface area (Å²) in [4.78, 5) is 12.1. The van der Waals surface area contributed by atoms with Crippen molar-refractivity contribution < 1.29 is 4.79 Å². The van der Waals surface area contributed by atoms with Crippen LogP contribution in [0.2, 0.25) is 0 Å². The van der Waals surface area contributed by atoms with Gasteiger partial charge < -0.3 is 5.73 Å². The van der Waals surface area contributed by atoms with E-state index in [2.05, 4.69) is 0 Å². The van der Waals surface area contributed by atoms with Crippen LogP contribution in [0, 0.1) is 5.92 Å². The molecule has 1 fully saturated rings. The van der Waals surface area contributed by atoms with Crippen molar-refractivity contribution in [1.29, 1.82) is 0 Å². The van der Waals surface area contributed by atoms with Crippen molar-refractivity contribution in [2.75, 3.05) is 0 Å². The first-order valence-electron chi connectivity index (χ1n) is 5.64. The predicted octanol–water partition coefficient (Wildman–Crippen LogP) is 2.39. The van der Waals surface area contributed by atoms with Crippen molar-refractivity contribution in [1.82, 2.24) is 0 Å². The molecular weight excluding hydrogens is 186 g/mol. The van der Waals surface area contributed by atoms with Gasteiger partial charge in [-0.05, 0) is 12.8 Å². The third-order valence-electron chi connectivity index (χ3n) is 3.21. The average Bonchev–Trinajstić information content (AvgIpc) is 2.30. The number of benzene rings is 1. The molecule has 2 N–H and O–H groups in total. The van der Waals surface area contributed by atoms with Crippen molar-refractivity contribution in [3.63, 3.8) is 0 Å². The van der Waals surface area contributed by atoms with Gasteiger partial charge in [-0.15, -0.1) is 0 Å². The Morgan fingerprint density at radius 3 is 2.47 bits per heavy atom. The molecular formula is C13H17NO. The Bertz CT molecular complexity index is 334. The number of nitrogens with two attached hydrogens (primary N) is 1. The Hall–Kier alpha value is -1.15. The lowest BCUT2D eigenvalue weighted by molar-refractivity contribution is 0.0871. The summed E-state index contributed by atoms with van der Waals surface area (Å²) in [5.41, 5.74) is 6.80. The van der Waals surface area contributed by atoms with Crippen LogP contribution in [0.25, 0.3) is 0 Å². The van der Waals surface area contributed by atoms with Crippen LogP contribution in [-0.4, -0.2) is 11.8 Å². The molecule has 1 aliphatic rings. The highest BCUT2D eigenvalue weighted by Gasteiger charge is 2.28. The SMILES string of the molecule is NC1CCCCC1C(=O)c1ccccc1. The molecule has 2 nitrogen and oxygen atoms in total. The van der Waals surface area contributed by atoms with E-state index in [0.29, 0.717) is 0 Å². The third-order valence-corrected chi connectivity index (χ3v) is 3.21. The Morgan fingerprint density at radius 1 is 1.13 bits per heavy atom.